The van der Waals surface area contributed by atoms with E-state index in [4.69, 9.17) is 0 Å². The fourth-order valence-corrected chi connectivity index (χ4v) is 7.49. The molecule has 3 aliphatic rings. The Morgan fingerprint density at radius 3 is 2.87 bits per heavy atom. The topological polar surface area (TPSA) is 74.2 Å². The smallest absolute Gasteiger partial charge is 0.111 e. The second kappa shape index (κ2) is 6.22. The van der Waals surface area contributed by atoms with Gasteiger partial charge in [-0.05, 0) is 69.0 Å². The van der Waals surface area contributed by atoms with Crippen LogP contribution in [0.4, 0.5) is 17.1 Å². The lowest BCUT2D eigenvalue weighted by atomic mass is 9.79. The Hall–Kier alpha value is -2.09. The van der Waals surface area contributed by atoms with Gasteiger partial charge < -0.3 is 15.7 Å². The average molecular weight is 438 g/mol. The van der Waals surface area contributed by atoms with Crippen LogP contribution >= 0.6 is 11.8 Å². The summed E-state index contributed by atoms with van der Waals surface area (Å²) in [7, 11) is -1.29. The van der Waals surface area contributed by atoms with Gasteiger partial charge in [-0.3, -0.25) is 9.19 Å². The van der Waals surface area contributed by atoms with Crippen molar-refractivity contribution in [3.8, 4) is 0 Å². The molecule has 2 aromatic carbocycles. The molecule has 3 N–H and O–H groups in total. The third-order valence-corrected chi connectivity index (χ3v) is 9.68. The highest BCUT2D eigenvalue weighted by Gasteiger charge is 2.63. The van der Waals surface area contributed by atoms with E-state index < -0.39 is 21.1 Å². The van der Waals surface area contributed by atoms with Crippen LogP contribution in [0.25, 0.3) is 10.9 Å². The molecular weight excluding hydrogens is 414 g/mol. The molecule has 154 valence electrons. The van der Waals surface area contributed by atoms with Crippen molar-refractivity contribution in [3.63, 3.8) is 0 Å². The lowest BCUT2D eigenvalue weighted by molar-refractivity contribution is -0.0146. The maximum Gasteiger partial charge on any atom is 0.111 e. The fraction of sp³-hybridized carbons (Fsp3) is 0.348. The molecule has 2 aliphatic heterocycles. The van der Waals surface area contributed by atoms with E-state index in [9.17, 15) is 9.32 Å². The molecule has 2 atom stereocenters. The summed E-state index contributed by atoms with van der Waals surface area (Å²) in [5.41, 5.74) is 3.60. The van der Waals surface area contributed by atoms with E-state index in [-0.39, 0.29) is 5.92 Å². The van der Waals surface area contributed by atoms with Crippen molar-refractivity contribution in [1.29, 1.82) is 0 Å². The summed E-state index contributed by atoms with van der Waals surface area (Å²) in [4.78, 5) is 6.57. The second-order valence-electron chi connectivity index (χ2n) is 8.85. The van der Waals surface area contributed by atoms with E-state index in [2.05, 4.69) is 33.8 Å². The van der Waals surface area contributed by atoms with Crippen LogP contribution < -0.4 is 10.6 Å². The van der Waals surface area contributed by atoms with Gasteiger partial charge in [0.1, 0.15) is 5.60 Å². The molecular formula is C23H23N3O2S2. The van der Waals surface area contributed by atoms with Gasteiger partial charge in [-0.1, -0.05) is 0 Å². The molecule has 0 amide bonds. The number of rotatable bonds is 3. The van der Waals surface area contributed by atoms with Crippen molar-refractivity contribution in [1.82, 2.24) is 4.98 Å². The standard InChI is InChI=1S/C23H23N3O2S2/c1-22(2)23(27,13-3-4-13)16-11-18-15(10-21(16)30(22)28)17(7-8-24-18)26-14-5-6-20-19(9-14)25-12-29-20/h5-11,13,25,27H,3-4,12H2,1-2H3,(H,24,26). The zero-order valence-electron chi connectivity index (χ0n) is 16.9. The second-order valence-corrected chi connectivity index (χ2v) is 11.9. The van der Waals surface area contributed by atoms with Gasteiger partial charge in [-0.25, -0.2) is 0 Å². The van der Waals surface area contributed by atoms with Crippen molar-refractivity contribution in [2.75, 3.05) is 16.5 Å². The first-order valence-electron chi connectivity index (χ1n) is 10.2. The SMILES string of the molecule is CC1(C)S(=O)c2cc3c(Nc4ccc5c(c4)NCS5)ccnc3cc2C1(O)C1CC1. The van der Waals surface area contributed by atoms with E-state index >= 15 is 0 Å². The number of benzene rings is 2. The van der Waals surface area contributed by atoms with Crippen molar-refractivity contribution in [2.45, 2.75) is 46.8 Å². The molecule has 30 heavy (non-hydrogen) atoms. The minimum absolute atomic E-state index is 0.174. The van der Waals surface area contributed by atoms with Crippen LogP contribution in [-0.4, -0.2) is 24.9 Å². The van der Waals surface area contributed by atoms with Crippen molar-refractivity contribution < 1.29 is 9.32 Å². The molecule has 1 fully saturated rings. The third kappa shape index (κ3) is 2.46. The molecule has 1 aromatic heterocycles. The summed E-state index contributed by atoms with van der Waals surface area (Å²) in [5.74, 6) is 1.07. The van der Waals surface area contributed by atoms with Crippen LogP contribution in [-0.2, 0) is 16.4 Å². The van der Waals surface area contributed by atoms with Crippen LogP contribution in [0, 0.1) is 5.92 Å². The van der Waals surface area contributed by atoms with Gasteiger partial charge in [-0.2, -0.15) is 0 Å². The Morgan fingerprint density at radius 1 is 1.23 bits per heavy atom. The molecule has 1 saturated carbocycles. The Kier molecular flexibility index (Phi) is 3.87. The summed E-state index contributed by atoms with van der Waals surface area (Å²) in [5, 5.41) is 19.5. The largest absolute Gasteiger partial charge is 0.383 e. The summed E-state index contributed by atoms with van der Waals surface area (Å²) in [6.45, 7) is 3.85. The zero-order chi connectivity index (χ0) is 20.7. The molecule has 3 aromatic rings. The number of aliphatic hydroxyl groups is 1. The van der Waals surface area contributed by atoms with E-state index in [0.717, 1.165) is 57.1 Å². The Bertz CT molecular complexity index is 1240. The van der Waals surface area contributed by atoms with Gasteiger partial charge in [0, 0.05) is 38.3 Å². The molecule has 7 heteroatoms. The van der Waals surface area contributed by atoms with Gasteiger partial charge in [-0.15, -0.1) is 11.8 Å². The highest BCUT2D eigenvalue weighted by molar-refractivity contribution is 7.99. The Balaban J connectivity index is 1.48. The number of hydrogen-bond acceptors (Lipinski definition) is 6. The number of aromatic nitrogens is 1. The first-order valence-corrected chi connectivity index (χ1v) is 12.4. The number of thioether (sulfide) groups is 1. The average Bonchev–Trinajstić information content (AvgIpc) is 3.47. The lowest BCUT2D eigenvalue weighted by Gasteiger charge is -2.36. The highest BCUT2D eigenvalue weighted by atomic mass is 32.2. The molecule has 0 radical (unpaired) electrons. The molecule has 2 unspecified atom stereocenters. The van der Waals surface area contributed by atoms with E-state index in [1.807, 2.05) is 32.0 Å². The number of fused-ring (bicyclic) bond motifs is 3. The molecule has 3 heterocycles. The van der Waals surface area contributed by atoms with Gasteiger partial charge in [0.2, 0.25) is 0 Å². The van der Waals surface area contributed by atoms with Crippen molar-refractivity contribution in [2.24, 2.45) is 5.92 Å². The summed E-state index contributed by atoms with van der Waals surface area (Å²) >= 11 is 1.80. The first kappa shape index (κ1) is 18.7. The van der Waals surface area contributed by atoms with Crippen LogP contribution in [0.5, 0.6) is 0 Å². The molecule has 1 aliphatic carbocycles. The highest BCUT2D eigenvalue weighted by Crippen LogP contribution is 2.59. The maximum absolute atomic E-state index is 13.4. The van der Waals surface area contributed by atoms with Crippen molar-refractivity contribution >= 4 is 50.5 Å². The lowest BCUT2D eigenvalue weighted by Crippen LogP contribution is -2.47. The van der Waals surface area contributed by atoms with E-state index in [1.54, 1.807) is 18.0 Å². The number of hydrogen-bond donors (Lipinski definition) is 3. The molecule has 0 saturated heterocycles. The van der Waals surface area contributed by atoms with E-state index in [1.165, 1.54) is 4.90 Å². The Morgan fingerprint density at radius 2 is 2.07 bits per heavy atom. The maximum atomic E-state index is 13.4. The molecule has 0 spiro atoms. The minimum Gasteiger partial charge on any atom is -0.383 e. The van der Waals surface area contributed by atoms with Crippen molar-refractivity contribution in [3.05, 3.63) is 48.2 Å². The van der Waals surface area contributed by atoms with Crippen LogP contribution in [0.3, 0.4) is 0 Å². The Labute approximate surface area is 182 Å². The molecule has 6 rings (SSSR count). The summed E-state index contributed by atoms with van der Waals surface area (Å²) in [6, 6.07) is 12.2. The van der Waals surface area contributed by atoms with Gasteiger partial charge in [0.05, 0.1) is 32.6 Å². The zero-order valence-corrected chi connectivity index (χ0v) is 18.5. The number of nitrogens with one attached hydrogen (secondary N) is 2. The summed E-state index contributed by atoms with van der Waals surface area (Å²) < 4.78 is 12.7. The van der Waals surface area contributed by atoms with Crippen LogP contribution in [0.1, 0.15) is 32.3 Å². The molecule has 0 bridgehead atoms. The third-order valence-electron chi connectivity index (χ3n) is 6.75. The van der Waals surface area contributed by atoms with Crippen LogP contribution in [0.15, 0.2) is 52.4 Å². The van der Waals surface area contributed by atoms with Crippen LogP contribution in [0.2, 0.25) is 0 Å². The fourth-order valence-electron chi connectivity index (χ4n) is 4.91. The van der Waals surface area contributed by atoms with E-state index in [0.29, 0.717) is 0 Å². The molecule has 5 nitrogen and oxygen atoms in total. The minimum atomic E-state index is -1.29. The van der Waals surface area contributed by atoms with Gasteiger partial charge >= 0.3 is 0 Å². The quantitative estimate of drug-likeness (QED) is 0.538. The predicted octanol–water partition coefficient (Wildman–Crippen LogP) is 4.95. The normalized spacial score (nSPS) is 26.3. The van der Waals surface area contributed by atoms with Gasteiger partial charge in [0.15, 0.2) is 0 Å². The number of anilines is 3. The van der Waals surface area contributed by atoms with Gasteiger partial charge in [0.25, 0.3) is 0 Å². The summed E-state index contributed by atoms with van der Waals surface area (Å²) in [6.07, 6.45) is 3.74. The first-order chi connectivity index (χ1) is 14.4. The number of nitrogens with zero attached hydrogens (tertiary/aromatic N) is 1. The monoisotopic (exact) mass is 437 g/mol. The predicted molar refractivity (Wildman–Crippen MR) is 123 cm³/mol. The number of pyridine rings is 1.